The van der Waals surface area contributed by atoms with Crippen molar-refractivity contribution in [3.05, 3.63) is 0 Å². The lowest BCUT2D eigenvalue weighted by Gasteiger charge is -2.41. The van der Waals surface area contributed by atoms with E-state index in [1.807, 2.05) is 25.7 Å². The summed E-state index contributed by atoms with van der Waals surface area (Å²) in [4.78, 5) is 14.1. The van der Waals surface area contributed by atoms with Crippen molar-refractivity contribution in [3.8, 4) is 0 Å². The monoisotopic (exact) mass is 270 g/mol. The zero-order chi connectivity index (χ0) is 13.9. The second-order valence-corrected chi connectivity index (χ2v) is 6.35. The van der Waals surface area contributed by atoms with E-state index in [-0.39, 0.29) is 18.2 Å². The third kappa shape index (κ3) is 4.08. The molecule has 0 spiro atoms. The molecule has 2 rings (SSSR count). The van der Waals surface area contributed by atoms with Crippen molar-refractivity contribution in [2.45, 2.75) is 57.8 Å². The first-order valence-electron chi connectivity index (χ1n) is 7.29. The highest BCUT2D eigenvalue weighted by Gasteiger charge is 2.36. The van der Waals surface area contributed by atoms with Crippen molar-refractivity contribution in [1.29, 1.82) is 0 Å². The number of carbonyl (C=O) groups excluding carboxylic acids is 1. The standard InChI is InChI=1S/C14H26N2O3/c1-14(2,3)19-13(17)16-8-7-15-10-11(16)12-6-4-5-9-18-12/h11-12,15H,4-10H2,1-3H3. The van der Waals surface area contributed by atoms with Crippen LogP contribution >= 0.6 is 0 Å². The van der Waals surface area contributed by atoms with Gasteiger partial charge in [-0.25, -0.2) is 4.79 Å². The fourth-order valence-electron chi connectivity index (χ4n) is 2.67. The zero-order valence-corrected chi connectivity index (χ0v) is 12.3. The fraction of sp³-hybridized carbons (Fsp3) is 0.929. The SMILES string of the molecule is CC(C)(C)OC(=O)N1CCNCC1C1CCCCO1. The maximum atomic E-state index is 12.3. The van der Waals surface area contributed by atoms with Gasteiger partial charge in [-0.15, -0.1) is 0 Å². The van der Waals surface area contributed by atoms with E-state index in [1.54, 1.807) is 0 Å². The highest BCUT2D eigenvalue weighted by atomic mass is 16.6. The van der Waals surface area contributed by atoms with Crippen molar-refractivity contribution in [2.24, 2.45) is 0 Å². The Morgan fingerprint density at radius 3 is 2.79 bits per heavy atom. The molecule has 0 aromatic carbocycles. The summed E-state index contributed by atoms with van der Waals surface area (Å²) in [7, 11) is 0. The molecular formula is C14H26N2O3. The molecule has 0 aromatic heterocycles. The average Bonchev–Trinajstić information content (AvgIpc) is 2.38. The molecule has 0 radical (unpaired) electrons. The second kappa shape index (κ2) is 6.09. The molecule has 1 N–H and O–H groups in total. The van der Waals surface area contributed by atoms with Crippen LogP contribution in [0, 0.1) is 0 Å². The molecule has 0 aromatic rings. The Bertz CT molecular complexity index is 308. The summed E-state index contributed by atoms with van der Waals surface area (Å²) < 4.78 is 11.3. The van der Waals surface area contributed by atoms with Gasteiger partial charge in [0.1, 0.15) is 5.60 Å². The first-order valence-corrected chi connectivity index (χ1v) is 7.29. The van der Waals surface area contributed by atoms with Crippen molar-refractivity contribution < 1.29 is 14.3 Å². The number of carbonyl (C=O) groups is 1. The first-order chi connectivity index (χ1) is 8.97. The maximum absolute atomic E-state index is 12.3. The van der Waals surface area contributed by atoms with Crippen LogP contribution in [0.15, 0.2) is 0 Å². The Morgan fingerprint density at radius 2 is 2.16 bits per heavy atom. The molecule has 2 unspecified atom stereocenters. The molecule has 0 bridgehead atoms. The summed E-state index contributed by atoms with van der Waals surface area (Å²) in [5.41, 5.74) is -0.445. The minimum absolute atomic E-state index is 0.101. The average molecular weight is 270 g/mol. The van der Waals surface area contributed by atoms with Crippen molar-refractivity contribution in [2.75, 3.05) is 26.2 Å². The summed E-state index contributed by atoms with van der Waals surface area (Å²) in [6, 6.07) is 0.101. The van der Waals surface area contributed by atoms with Crippen LogP contribution in [-0.2, 0) is 9.47 Å². The van der Waals surface area contributed by atoms with E-state index in [4.69, 9.17) is 9.47 Å². The van der Waals surface area contributed by atoms with Gasteiger partial charge in [-0.3, -0.25) is 0 Å². The van der Waals surface area contributed by atoms with Crippen LogP contribution in [0.1, 0.15) is 40.0 Å². The molecule has 2 aliphatic heterocycles. The Hall–Kier alpha value is -0.810. The number of piperazine rings is 1. The van der Waals surface area contributed by atoms with Gasteiger partial charge < -0.3 is 19.7 Å². The highest BCUT2D eigenvalue weighted by molar-refractivity contribution is 5.68. The van der Waals surface area contributed by atoms with Gasteiger partial charge in [-0.05, 0) is 40.0 Å². The lowest BCUT2D eigenvalue weighted by Crippen LogP contribution is -2.59. The van der Waals surface area contributed by atoms with Crippen LogP contribution in [0.5, 0.6) is 0 Å². The molecule has 2 heterocycles. The Morgan fingerprint density at radius 1 is 1.37 bits per heavy atom. The first kappa shape index (κ1) is 14.6. The predicted octanol–water partition coefficient (Wildman–Crippen LogP) is 1.76. The topological polar surface area (TPSA) is 50.8 Å². The Kier molecular flexibility index (Phi) is 4.68. The maximum Gasteiger partial charge on any atom is 0.410 e. The van der Waals surface area contributed by atoms with E-state index in [9.17, 15) is 4.79 Å². The number of ether oxygens (including phenoxy) is 2. The summed E-state index contributed by atoms with van der Waals surface area (Å²) in [6.45, 7) is 8.83. The van der Waals surface area contributed by atoms with Gasteiger partial charge in [0.15, 0.2) is 0 Å². The molecule has 0 saturated carbocycles. The van der Waals surface area contributed by atoms with E-state index in [0.717, 1.165) is 32.5 Å². The van der Waals surface area contributed by atoms with Crippen molar-refractivity contribution in [1.82, 2.24) is 10.2 Å². The predicted molar refractivity (Wildman–Crippen MR) is 73.2 cm³/mol. The smallest absolute Gasteiger partial charge is 0.410 e. The van der Waals surface area contributed by atoms with Gasteiger partial charge >= 0.3 is 6.09 Å². The van der Waals surface area contributed by atoms with Gasteiger partial charge in [0, 0.05) is 26.2 Å². The van der Waals surface area contributed by atoms with E-state index < -0.39 is 5.60 Å². The number of nitrogens with one attached hydrogen (secondary N) is 1. The fourth-order valence-corrected chi connectivity index (χ4v) is 2.67. The lowest BCUT2D eigenvalue weighted by molar-refractivity contribution is -0.0553. The van der Waals surface area contributed by atoms with Crippen LogP contribution in [0.2, 0.25) is 0 Å². The quantitative estimate of drug-likeness (QED) is 0.789. The third-order valence-corrected chi connectivity index (χ3v) is 3.56. The molecular weight excluding hydrogens is 244 g/mol. The molecule has 1 amide bonds. The van der Waals surface area contributed by atoms with Gasteiger partial charge in [-0.2, -0.15) is 0 Å². The second-order valence-electron chi connectivity index (χ2n) is 6.35. The summed E-state index contributed by atoms with van der Waals surface area (Å²) in [5.74, 6) is 0. The molecule has 2 fully saturated rings. The molecule has 2 saturated heterocycles. The summed E-state index contributed by atoms with van der Waals surface area (Å²) in [6.07, 6.45) is 3.28. The molecule has 110 valence electrons. The van der Waals surface area contributed by atoms with Crippen molar-refractivity contribution in [3.63, 3.8) is 0 Å². The minimum Gasteiger partial charge on any atom is -0.444 e. The number of amides is 1. The van der Waals surface area contributed by atoms with Gasteiger partial charge in [0.25, 0.3) is 0 Å². The largest absolute Gasteiger partial charge is 0.444 e. The van der Waals surface area contributed by atoms with E-state index >= 15 is 0 Å². The van der Waals surface area contributed by atoms with Crippen LogP contribution in [0.3, 0.4) is 0 Å². The number of rotatable bonds is 1. The molecule has 19 heavy (non-hydrogen) atoms. The number of hydrogen-bond donors (Lipinski definition) is 1. The van der Waals surface area contributed by atoms with Crippen LogP contribution in [0.25, 0.3) is 0 Å². The van der Waals surface area contributed by atoms with Gasteiger partial charge in [-0.1, -0.05) is 0 Å². The molecule has 5 nitrogen and oxygen atoms in total. The Balaban J connectivity index is 2.00. The summed E-state index contributed by atoms with van der Waals surface area (Å²) >= 11 is 0. The normalized spacial score (nSPS) is 29.1. The van der Waals surface area contributed by atoms with Crippen LogP contribution in [0.4, 0.5) is 4.79 Å². The Labute approximate surface area is 115 Å². The zero-order valence-electron chi connectivity index (χ0n) is 12.3. The van der Waals surface area contributed by atoms with Gasteiger partial charge in [0.05, 0.1) is 12.1 Å². The molecule has 2 atom stereocenters. The number of hydrogen-bond acceptors (Lipinski definition) is 4. The molecule has 0 aliphatic carbocycles. The minimum atomic E-state index is -0.445. The lowest BCUT2D eigenvalue weighted by atomic mass is 9.99. The van der Waals surface area contributed by atoms with Gasteiger partial charge in [0.2, 0.25) is 0 Å². The van der Waals surface area contributed by atoms with E-state index in [0.29, 0.717) is 6.54 Å². The third-order valence-electron chi connectivity index (χ3n) is 3.56. The number of nitrogens with zero attached hydrogens (tertiary/aromatic N) is 1. The highest BCUT2D eigenvalue weighted by Crippen LogP contribution is 2.22. The van der Waals surface area contributed by atoms with Crippen LogP contribution in [-0.4, -0.2) is 55.0 Å². The van der Waals surface area contributed by atoms with E-state index in [2.05, 4.69) is 5.32 Å². The van der Waals surface area contributed by atoms with Crippen LogP contribution < -0.4 is 5.32 Å². The van der Waals surface area contributed by atoms with E-state index in [1.165, 1.54) is 6.42 Å². The molecule has 2 aliphatic rings. The van der Waals surface area contributed by atoms with Crippen molar-refractivity contribution >= 4 is 6.09 Å². The summed E-state index contributed by atoms with van der Waals surface area (Å²) in [5, 5.41) is 3.35. The molecule has 5 heteroatoms.